The lowest BCUT2D eigenvalue weighted by Crippen LogP contribution is -2.46. The quantitative estimate of drug-likeness (QED) is 0.870. The number of amides is 2. The highest BCUT2D eigenvalue weighted by Crippen LogP contribution is 2.39. The number of urea groups is 1. The second kappa shape index (κ2) is 7.27. The maximum absolute atomic E-state index is 12.4. The van der Waals surface area contributed by atoms with E-state index in [-0.39, 0.29) is 18.7 Å². The van der Waals surface area contributed by atoms with Crippen LogP contribution in [-0.4, -0.2) is 56.1 Å². The number of hydrogen-bond donors (Lipinski definition) is 2. The van der Waals surface area contributed by atoms with Gasteiger partial charge >= 0.3 is 6.03 Å². The molecule has 1 aromatic carbocycles. The van der Waals surface area contributed by atoms with Crippen LogP contribution in [0.15, 0.2) is 12.1 Å². The highest BCUT2D eigenvalue weighted by atomic mass is 16.5. The van der Waals surface area contributed by atoms with Crippen molar-refractivity contribution in [1.82, 2.24) is 10.2 Å². The monoisotopic (exact) mass is 336 g/mol. The van der Waals surface area contributed by atoms with E-state index < -0.39 is 6.10 Å². The number of carbonyl (C=O) groups is 1. The van der Waals surface area contributed by atoms with Gasteiger partial charge in [-0.1, -0.05) is 0 Å². The first-order chi connectivity index (χ1) is 11.6. The van der Waals surface area contributed by atoms with Crippen LogP contribution in [0.4, 0.5) is 4.79 Å². The number of rotatable bonds is 4. The van der Waals surface area contributed by atoms with E-state index in [0.717, 1.165) is 25.0 Å². The molecule has 0 aromatic heterocycles. The van der Waals surface area contributed by atoms with Crippen LogP contribution in [0.2, 0.25) is 0 Å². The Labute approximate surface area is 141 Å². The van der Waals surface area contributed by atoms with E-state index in [0.29, 0.717) is 30.2 Å². The predicted octanol–water partition coefficient (Wildman–Crippen LogP) is 1.44. The van der Waals surface area contributed by atoms with Crippen LogP contribution in [-0.2, 0) is 11.3 Å². The number of benzene rings is 1. The molecule has 0 spiro atoms. The van der Waals surface area contributed by atoms with E-state index in [1.54, 1.807) is 31.3 Å². The minimum atomic E-state index is -0.813. The van der Waals surface area contributed by atoms with Crippen molar-refractivity contribution in [1.29, 1.82) is 0 Å². The van der Waals surface area contributed by atoms with Crippen LogP contribution in [0.1, 0.15) is 30.1 Å². The topological polar surface area (TPSA) is 80.3 Å². The Morgan fingerprint density at radius 2 is 2.12 bits per heavy atom. The number of β-amino-alcohol motifs (C(OH)–C–C–N with tert-alkyl or cyclic N) is 1. The van der Waals surface area contributed by atoms with Gasteiger partial charge in [0.2, 0.25) is 0 Å². The summed E-state index contributed by atoms with van der Waals surface area (Å²) in [5.41, 5.74) is 1.47. The van der Waals surface area contributed by atoms with Crippen molar-refractivity contribution >= 4 is 6.03 Å². The molecule has 0 aliphatic carbocycles. The highest BCUT2D eigenvalue weighted by molar-refractivity contribution is 5.75. The second-order valence-corrected chi connectivity index (χ2v) is 6.08. The molecule has 0 unspecified atom stereocenters. The molecular weight excluding hydrogens is 312 g/mol. The fraction of sp³-hybridized carbons (Fsp3) is 0.588. The van der Waals surface area contributed by atoms with Gasteiger partial charge in [0.1, 0.15) is 17.6 Å². The summed E-state index contributed by atoms with van der Waals surface area (Å²) < 4.78 is 16.2. The number of ether oxygens (including phenoxy) is 3. The number of aliphatic hydroxyl groups is 1. The van der Waals surface area contributed by atoms with Crippen molar-refractivity contribution in [3.8, 4) is 11.5 Å². The summed E-state index contributed by atoms with van der Waals surface area (Å²) in [6.07, 6.45) is 1.28. The third kappa shape index (κ3) is 3.27. The molecule has 1 aromatic rings. The number of nitrogens with one attached hydrogen (secondary N) is 1. The number of nitrogens with zero attached hydrogens (tertiary/aromatic N) is 1. The minimum Gasteiger partial charge on any atom is -0.496 e. The molecule has 2 aliphatic heterocycles. The SMILES string of the molecule is COc1ccc(OC)c2c1CN(C(=O)NC[C@H]1CCCO1)C[C@H]2O. The van der Waals surface area contributed by atoms with Gasteiger partial charge < -0.3 is 29.5 Å². The maximum Gasteiger partial charge on any atom is 0.317 e. The van der Waals surface area contributed by atoms with Crippen LogP contribution in [0.25, 0.3) is 0 Å². The Hall–Kier alpha value is -1.99. The Kier molecular flexibility index (Phi) is 5.11. The van der Waals surface area contributed by atoms with Gasteiger partial charge in [-0.15, -0.1) is 0 Å². The Bertz CT molecular complexity index is 601. The lowest BCUT2D eigenvalue weighted by atomic mass is 9.95. The molecule has 2 aliphatic rings. The first-order valence-corrected chi connectivity index (χ1v) is 8.20. The molecule has 3 rings (SSSR count). The van der Waals surface area contributed by atoms with Gasteiger partial charge in [0, 0.05) is 24.3 Å². The summed E-state index contributed by atoms with van der Waals surface area (Å²) in [5, 5.41) is 13.4. The van der Waals surface area contributed by atoms with Crippen LogP contribution in [0.5, 0.6) is 11.5 Å². The molecule has 2 N–H and O–H groups in total. The molecule has 2 amide bonds. The summed E-state index contributed by atoms with van der Waals surface area (Å²) in [6.45, 7) is 1.83. The maximum atomic E-state index is 12.4. The molecule has 2 heterocycles. The zero-order valence-electron chi connectivity index (χ0n) is 14.1. The summed E-state index contributed by atoms with van der Waals surface area (Å²) >= 11 is 0. The predicted molar refractivity (Wildman–Crippen MR) is 87.3 cm³/mol. The Balaban J connectivity index is 1.74. The van der Waals surface area contributed by atoms with Gasteiger partial charge in [-0.25, -0.2) is 4.79 Å². The van der Waals surface area contributed by atoms with Crippen molar-refractivity contribution in [3.63, 3.8) is 0 Å². The summed E-state index contributed by atoms with van der Waals surface area (Å²) in [5.74, 6) is 1.25. The van der Waals surface area contributed by atoms with Gasteiger partial charge in [0.05, 0.1) is 33.4 Å². The van der Waals surface area contributed by atoms with Gasteiger partial charge in [0.25, 0.3) is 0 Å². The lowest BCUT2D eigenvalue weighted by molar-refractivity contribution is 0.0917. The van der Waals surface area contributed by atoms with E-state index in [2.05, 4.69) is 5.32 Å². The lowest BCUT2D eigenvalue weighted by Gasteiger charge is -2.34. The molecule has 1 saturated heterocycles. The number of methoxy groups -OCH3 is 2. The van der Waals surface area contributed by atoms with E-state index in [4.69, 9.17) is 14.2 Å². The molecule has 2 atom stereocenters. The second-order valence-electron chi connectivity index (χ2n) is 6.08. The molecule has 1 fully saturated rings. The van der Waals surface area contributed by atoms with Crippen molar-refractivity contribution in [2.45, 2.75) is 31.6 Å². The third-order valence-corrected chi connectivity index (χ3v) is 4.58. The van der Waals surface area contributed by atoms with E-state index >= 15 is 0 Å². The first kappa shape index (κ1) is 16.9. The van der Waals surface area contributed by atoms with Gasteiger partial charge in [-0.05, 0) is 25.0 Å². The van der Waals surface area contributed by atoms with Crippen molar-refractivity contribution in [2.75, 3.05) is 33.9 Å². The van der Waals surface area contributed by atoms with Gasteiger partial charge in [-0.3, -0.25) is 0 Å². The Morgan fingerprint density at radius 1 is 1.38 bits per heavy atom. The average Bonchev–Trinajstić information content (AvgIpc) is 3.12. The van der Waals surface area contributed by atoms with Crippen molar-refractivity contribution in [3.05, 3.63) is 23.3 Å². The molecular formula is C17H24N2O5. The van der Waals surface area contributed by atoms with E-state index in [9.17, 15) is 9.90 Å². The average molecular weight is 336 g/mol. The van der Waals surface area contributed by atoms with Crippen LogP contribution >= 0.6 is 0 Å². The molecule has 7 nitrogen and oxygen atoms in total. The molecule has 7 heteroatoms. The van der Waals surface area contributed by atoms with Crippen LogP contribution in [0.3, 0.4) is 0 Å². The Morgan fingerprint density at radius 3 is 2.79 bits per heavy atom. The smallest absolute Gasteiger partial charge is 0.317 e. The number of aliphatic hydroxyl groups excluding tert-OH is 1. The minimum absolute atomic E-state index is 0.0885. The molecule has 0 radical (unpaired) electrons. The summed E-state index contributed by atoms with van der Waals surface area (Å²) in [4.78, 5) is 14.0. The zero-order chi connectivity index (χ0) is 17.1. The van der Waals surface area contributed by atoms with E-state index in [1.807, 2.05) is 0 Å². The van der Waals surface area contributed by atoms with Crippen molar-refractivity contribution < 1.29 is 24.1 Å². The fourth-order valence-corrected chi connectivity index (χ4v) is 3.35. The normalized spacial score (nSPS) is 22.9. The van der Waals surface area contributed by atoms with Crippen LogP contribution < -0.4 is 14.8 Å². The molecule has 24 heavy (non-hydrogen) atoms. The molecule has 0 saturated carbocycles. The number of fused-ring (bicyclic) bond motifs is 1. The van der Waals surface area contributed by atoms with Gasteiger partial charge in [-0.2, -0.15) is 0 Å². The van der Waals surface area contributed by atoms with Crippen molar-refractivity contribution in [2.24, 2.45) is 0 Å². The van der Waals surface area contributed by atoms with Gasteiger partial charge in [0.15, 0.2) is 0 Å². The summed E-state index contributed by atoms with van der Waals surface area (Å²) in [7, 11) is 3.14. The summed E-state index contributed by atoms with van der Waals surface area (Å²) in [6, 6.07) is 3.35. The third-order valence-electron chi connectivity index (χ3n) is 4.58. The fourth-order valence-electron chi connectivity index (χ4n) is 3.35. The highest BCUT2D eigenvalue weighted by Gasteiger charge is 2.32. The zero-order valence-corrected chi connectivity index (χ0v) is 14.1. The standard InChI is InChI=1S/C17H24N2O5/c1-22-14-5-6-15(23-2)16-12(14)9-19(10-13(16)20)17(21)18-8-11-4-3-7-24-11/h5-6,11,13,20H,3-4,7-10H2,1-2H3,(H,18,21)/t11-,13-/m1/s1. The first-order valence-electron chi connectivity index (χ1n) is 8.20. The van der Waals surface area contributed by atoms with Crippen LogP contribution in [0, 0.1) is 0 Å². The number of carbonyl (C=O) groups excluding carboxylic acids is 1. The van der Waals surface area contributed by atoms with E-state index in [1.165, 1.54) is 0 Å². The molecule has 0 bridgehead atoms. The largest absolute Gasteiger partial charge is 0.496 e. The molecule has 132 valence electrons. The number of hydrogen-bond acceptors (Lipinski definition) is 5.